The van der Waals surface area contributed by atoms with Gasteiger partial charge in [0.15, 0.2) is 0 Å². The summed E-state index contributed by atoms with van der Waals surface area (Å²) in [5, 5.41) is 2.85. The third-order valence-electron chi connectivity index (χ3n) is 4.02. The van der Waals surface area contributed by atoms with Crippen molar-refractivity contribution in [1.82, 2.24) is 0 Å². The molecule has 1 N–H and O–H groups in total. The van der Waals surface area contributed by atoms with Crippen LogP contribution in [0.3, 0.4) is 0 Å². The van der Waals surface area contributed by atoms with Crippen molar-refractivity contribution in [2.75, 3.05) is 19.5 Å². The van der Waals surface area contributed by atoms with Crippen LogP contribution in [0.1, 0.15) is 15.9 Å². The summed E-state index contributed by atoms with van der Waals surface area (Å²) in [5.74, 6) is 2.27. The fourth-order valence-corrected chi connectivity index (χ4v) is 2.53. The van der Waals surface area contributed by atoms with Gasteiger partial charge in [0.25, 0.3) is 5.91 Å². The monoisotopic (exact) mass is 363 g/mol. The van der Waals surface area contributed by atoms with Crippen molar-refractivity contribution in [2.45, 2.75) is 6.92 Å². The second-order valence-corrected chi connectivity index (χ2v) is 5.96. The van der Waals surface area contributed by atoms with Gasteiger partial charge in [-0.25, -0.2) is 0 Å². The van der Waals surface area contributed by atoms with Crippen LogP contribution in [-0.4, -0.2) is 20.1 Å². The molecule has 3 aromatic carbocycles. The third kappa shape index (κ3) is 4.58. The molecular weight excluding hydrogens is 342 g/mol. The van der Waals surface area contributed by atoms with E-state index in [1.54, 1.807) is 49.6 Å². The quantitative estimate of drug-likeness (QED) is 0.665. The minimum absolute atomic E-state index is 0.262. The van der Waals surface area contributed by atoms with E-state index in [9.17, 15) is 4.79 Å². The van der Waals surface area contributed by atoms with Gasteiger partial charge < -0.3 is 19.5 Å². The smallest absolute Gasteiger partial charge is 0.259 e. The first-order valence-electron chi connectivity index (χ1n) is 8.47. The van der Waals surface area contributed by atoms with Crippen molar-refractivity contribution < 1.29 is 19.0 Å². The number of carbonyl (C=O) groups is 1. The molecule has 0 saturated heterocycles. The fourth-order valence-electron chi connectivity index (χ4n) is 2.53. The molecule has 0 radical (unpaired) electrons. The number of aryl methyl sites for hydroxylation is 1. The number of anilines is 1. The van der Waals surface area contributed by atoms with Crippen LogP contribution in [0, 0.1) is 6.92 Å². The zero-order valence-corrected chi connectivity index (χ0v) is 15.5. The topological polar surface area (TPSA) is 56.8 Å². The summed E-state index contributed by atoms with van der Waals surface area (Å²) in [6, 6.07) is 20.1. The number of hydrogen-bond donors (Lipinski definition) is 1. The van der Waals surface area contributed by atoms with E-state index in [0.717, 1.165) is 5.75 Å². The average molecular weight is 363 g/mol. The van der Waals surface area contributed by atoms with Gasteiger partial charge in [0, 0.05) is 11.8 Å². The van der Waals surface area contributed by atoms with Gasteiger partial charge in [0.1, 0.15) is 23.0 Å². The van der Waals surface area contributed by atoms with Crippen LogP contribution < -0.4 is 19.5 Å². The summed E-state index contributed by atoms with van der Waals surface area (Å²) in [6.07, 6.45) is 0. The lowest BCUT2D eigenvalue weighted by Crippen LogP contribution is -2.13. The summed E-state index contributed by atoms with van der Waals surface area (Å²) >= 11 is 0. The second kappa shape index (κ2) is 8.27. The van der Waals surface area contributed by atoms with E-state index >= 15 is 0 Å². The summed E-state index contributed by atoms with van der Waals surface area (Å²) in [5.41, 5.74) is 2.27. The number of ether oxygens (including phenoxy) is 3. The minimum Gasteiger partial charge on any atom is -0.497 e. The average Bonchev–Trinajstić information content (AvgIpc) is 2.70. The van der Waals surface area contributed by atoms with Crippen molar-refractivity contribution in [3.63, 3.8) is 0 Å². The van der Waals surface area contributed by atoms with Crippen LogP contribution in [0.4, 0.5) is 5.69 Å². The van der Waals surface area contributed by atoms with E-state index in [-0.39, 0.29) is 5.91 Å². The first-order valence-corrected chi connectivity index (χ1v) is 8.47. The number of amides is 1. The highest BCUT2D eigenvalue weighted by atomic mass is 16.5. The molecule has 0 fully saturated rings. The summed E-state index contributed by atoms with van der Waals surface area (Å²) < 4.78 is 16.2. The highest BCUT2D eigenvalue weighted by molar-refractivity contribution is 6.06. The molecule has 0 spiro atoms. The van der Waals surface area contributed by atoms with Gasteiger partial charge in [-0.05, 0) is 55.5 Å². The van der Waals surface area contributed by atoms with Crippen LogP contribution in [0.15, 0.2) is 66.7 Å². The number of rotatable bonds is 6. The number of methoxy groups -OCH3 is 2. The Morgan fingerprint density at radius 2 is 1.37 bits per heavy atom. The molecule has 0 bridgehead atoms. The SMILES string of the molecule is COc1ccc(C(=O)Nc2ccc(Oc3ccc(C)cc3)cc2)c(OC)c1. The van der Waals surface area contributed by atoms with Crippen molar-refractivity contribution in [3.8, 4) is 23.0 Å². The predicted molar refractivity (Wildman–Crippen MR) is 105 cm³/mol. The Hall–Kier alpha value is -3.47. The van der Waals surface area contributed by atoms with Crippen LogP contribution in [0.25, 0.3) is 0 Å². The molecule has 3 aromatic rings. The Balaban J connectivity index is 1.69. The number of carbonyl (C=O) groups excluding carboxylic acids is 1. The van der Waals surface area contributed by atoms with Crippen LogP contribution in [0.2, 0.25) is 0 Å². The lowest BCUT2D eigenvalue weighted by Gasteiger charge is -2.11. The maximum Gasteiger partial charge on any atom is 0.259 e. The first-order chi connectivity index (χ1) is 13.1. The number of hydrogen-bond acceptors (Lipinski definition) is 4. The number of nitrogens with one attached hydrogen (secondary N) is 1. The van der Waals surface area contributed by atoms with E-state index < -0.39 is 0 Å². The Morgan fingerprint density at radius 1 is 0.778 bits per heavy atom. The molecule has 5 nitrogen and oxygen atoms in total. The van der Waals surface area contributed by atoms with Gasteiger partial charge in [0.05, 0.1) is 19.8 Å². The molecule has 0 aromatic heterocycles. The maximum absolute atomic E-state index is 12.5. The molecule has 0 heterocycles. The lowest BCUT2D eigenvalue weighted by atomic mass is 10.1. The molecule has 0 aliphatic rings. The molecule has 0 aliphatic heterocycles. The van der Waals surface area contributed by atoms with Crippen LogP contribution in [0.5, 0.6) is 23.0 Å². The summed E-state index contributed by atoms with van der Waals surface area (Å²) in [4.78, 5) is 12.5. The molecule has 27 heavy (non-hydrogen) atoms. The van der Waals surface area contributed by atoms with Gasteiger partial charge in [0.2, 0.25) is 0 Å². The minimum atomic E-state index is -0.262. The van der Waals surface area contributed by atoms with Crippen molar-refractivity contribution in [1.29, 1.82) is 0 Å². The van der Waals surface area contributed by atoms with Gasteiger partial charge >= 0.3 is 0 Å². The molecule has 1 amide bonds. The largest absolute Gasteiger partial charge is 0.497 e. The Kier molecular flexibility index (Phi) is 5.61. The molecule has 0 aliphatic carbocycles. The highest BCUT2D eigenvalue weighted by Gasteiger charge is 2.13. The Bertz CT molecular complexity index is 918. The lowest BCUT2D eigenvalue weighted by molar-refractivity contribution is 0.102. The second-order valence-electron chi connectivity index (χ2n) is 5.96. The highest BCUT2D eigenvalue weighted by Crippen LogP contribution is 2.27. The molecule has 5 heteroatoms. The predicted octanol–water partition coefficient (Wildman–Crippen LogP) is 5.06. The fraction of sp³-hybridized carbons (Fsp3) is 0.136. The van der Waals surface area contributed by atoms with Crippen LogP contribution >= 0.6 is 0 Å². The van der Waals surface area contributed by atoms with Crippen molar-refractivity contribution in [2.24, 2.45) is 0 Å². The molecule has 0 atom stereocenters. The van der Waals surface area contributed by atoms with Gasteiger partial charge in [-0.3, -0.25) is 4.79 Å². The first kappa shape index (κ1) is 18.3. The Labute approximate surface area is 158 Å². The zero-order chi connectivity index (χ0) is 19.2. The van der Waals surface area contributed by atoms with Gasteiger partial charge in [-0.15, -0.1) is 0 Å². The van der Waals surface area contributed by atoms with Crippen molar-refractivity contribution >= 4 is 11.6 Å². The molecule has 0 unspecified atom stereocenters. The van der Waals surface area contributed by atoms with E-state index in [0.29, 0.717) is 28.5 Å². The zero-order valence-electron chi connectivity index (χ0n) is 15.5. The van der Waals surface area contributed by atoms with Crippen molar-refractivity contribution in [3.05, 3.63) is 77.9 Å². The molecule has 138 valence electrons. The van der Waals surface area contributed by atoms with E-state index in [4.69, 9.17) is 14.2 Å². The molecule has 0 saturated carbocycles. The molecular formula is C22H21NO4. The van der Waals surface area contributed by atoms with E-state index in [1.807, 2.05) is 31.2 Å². The Morgan fingerprint density at radius 3 is 1.96 bits per heavy atom. The summed E-state index contributed by atoms with van der Waals surface area (Å²) in [7, 11) is 3.08. The maximum atomic E-state index is 12.5. The van der Waals surface area contributed by atoms with Crippen LogP contribution in [-0.2, 0) is 0 Å². The number of benzene rings is 3. The molecule has 3 rings (SSSR count). The van der Waals surface area contributed by atoms with Gasteiger partial charge in [-0.2, -0.15) is 0 Å². The van der Waals surface area contributed by atoms with E-state index in [1.165, 1.54) is 12.7 Å². The standard InChI is InChI=1S/C22H21NO4/c1-15-4-8-17(9-5-15)27-18-10-6-16(7-11-18)23-22(24)20-13-12-19(25-2)14-21(20)26-3/h4-14H,1-3H3,(H,23,24). The summed E-state index contributed by atoms with van der Waals surface area (Å²) in [6.45, 7) is 2.03. The van der Waals surface area contributed by atoms with E-state index in [2.05, 4.69) is 5.32 Å². The third-order valence-corrected chi connectivity index (χ3v) is 4.02. The normalized spacial score (nSPS) is 10.2. The van der Waals surface area contributed by atoms with Gasteiger partial charge in [-0.1, -0.05) is 17.7 Å².